The Bertz CT molecular complexity index is 371. The highest BCUT2D eigenvalue weighted by atomic mass is 16.7. The third kappa shape index (κ3) is 2.94. The van der Waals surface area contributed by atoms with Crippen molar-refractivity contribution >= 4 is 0 Å². The van der Waals surface area contributed by atoms with Crippen LogP contribution in [0.15, 0.2) is 18.2 Å². The normalized spacial score (nSPS) is 11.9. The van der Waals surface area contributed by atoms with Crippen molar-refractivity contribution in [3.8, 4) is 11.8 Å². The molecule has 80 valence electrons. The zero-order valence-electron chi connectivity index (χ0n) is 8.73. The number of ether oxygens (including phenoxy) is 2. The van der Waals surface area contributed by atoms with Gasteiger partial charge in [-0.15, -0.1) is 0 Å². The molecule has 0 aromatic heterocycles. The summed E-state index contributed by atoms with van der Waals surface area (Å²) in [5.74, 6) is 0.614. The number of nitrogens with zero attached hydrogens (tertiary/aromatic N) is 1. The van der Waals surface area contributed by atoms with E-state index in [-0.39, 0.29) is 6.79 Å². The van der Waals surface area contributed by atoms with Crippen molar-refractivity contribution < 1.29 is 14.6 Å². The molecule has 0 fully saturated rings. The predicted octanol–water partition coefficient (Wildman–Crippen LogP) is 1.53. The topological polar surface area (TPSA) is 62.5 Å². The minimum atomic E-state index is -1.12. The second-order valence-electron chi connectivity index (χ2n) is 3.11. The van der Waals surface area contributed by atoms with Crippen LogP contribution in [0.2, 0.25) is 0 Å². The van der Waals surface area contributed by atoms with Gasteiger partial charge >= 0.3 is 0 Å². The summed E-state index contributed by atoms with van der Waals surface area (Å²) in [5, 5.41) is 17.9. The van der Waals surface area contributed by atoms with Gasteiger partial charge in [0.15, 0.2) is 12.9 Å². The summed E-state index contributed by atoms with van der Waals surface area (Å²) in [7, 11) is 1.53. The molecule has 0 unspecified atom stereocenters. The van der Waals surface area contributed by atoms with Crippen molar-refractivity contribution in [2.24, 2.45) is 0 Å². The minimum Gasteiger partial charge on any atom is -0.467 e. The van der Waals surface area contributed by atoms with Crippen molar-refractivity contribution in [1.82, 2.24) is 0 Å². The largest absolute Gasteiger partial charge is 0.467 e. The molecular formula is C11H13NO3. The number of benzene rings is 1. The number of aliphatic hydroxyl groups excluding tert-OH is 1. The molecule has 1 N–H and O–H groups in total. The first kappa shape index (κ1) is 11.5. The van der Waals surface area contributed by atoms with E-state index < -0.39 is 6.10 Å². The van der Waals surface area contributed by atoms with Crippen LogP contribution in [0.25, 0.3) is 0 Å². The van der Waals surface area contributed by atoms with Gasteiger partial charge in [-0.05, 0) is 24.1 Å². The van der Waals surface area contributed by atoms with Crippen LogP contribution in [0.1, 0.15) is 17.2 Å². The van der Waals surface area contributed by atoms with E-state index in [0.29, 0.717) is 11.3 Å². The van der Waals surface area contributed by atoms with E-state index in [4.69, 9.17) is 14.7 Å². The molecule has 0 spiro atoms. The average Bonchev–Trinajstić information content (AvgIpc) is 2.27. The van der Waals surface area contributed by atoms with Gasteiger partial charge in [-0.3, -0.25) is 0 Å². The highest BCUT2D eigenvalue weighted by Crippen LogP contribution is 2.23. The summed E-state index contributed by atoms with van der Waals surface area (Å²) in [6, 6.07) is 6.88. The first-order valence-corrected chi connectivity index (χ1v) is 4.49. The zero-order chi connectivity index (χ0) is 11.3. The molecule has 4 nitrogen and oxygen atoms in total. The lowest BCUT2D eigenvalue weighted by Gasteiger charge is -2.10. The van der Waals surface area contributed by atoms with Crippen LogP contribution >= 0.6 is 0 Å². The number of nitriles is 1. The summed E-state index contributed by atoms with van der Waals surface area (Å²) >= 11 is 0. The Morgan fingerprint density at radius 2 is 2.27 bits per heavy atom. The molecule has 1 atom stereocenters. The molecule has 1 aromatic carbocycles. The van der Waals surface area contributed by atoms with E-state index in [2.05, 4.69) is 0 Å². The average molecular weight is 207 g/mol. The van der Waals surface area contributed by atoms with Crippen molar-refractivity contribution in [3.05, 3.63) is 29.3 Å². The van der Waals surface area contributed by atoms with E-state index in [1.54, 1.807) is 24.3 Å². The minimum absolute atomic E-state index is 0.146. The maximum Gasteiger partial charge on any atom is 0.188 e. The predicted molar refractivity (Wildman–Crippen MR) is 54.3 cm³/mol. The van der Waals surface area contributed by atoms with Crippen LogP contribution in [0, 0.1) is 18.3 Å². The van der Waals surface area contributed by atoms with Crippen LogP contribution in [0.4, 0.5) is 0 Å². The summed E-state index contributed by atoms with van der Waals surface area (Å²) in [4.78, 5) is 0. The molecule has 0 radical (unpaired) electrons. The molecule has 0 aliphatic heterocycles. The Kier molecular flexibility index (Phi) is 4.10. The van der Waals surface area contributed by atoms with Gasteiger partial charge in [-0.1, -0.05) is 12.1 Å². The number of hydrogen-bond donors (Lipinski definition) is 1. The van der Waals surface area contributed by atoms with Gasteiger partial charge < -0.3 is 14.6 Å². The number of methoxy groups -OCH3 is 1. The maximum atomic E-state index is 9.32. The molecular weight excluding hydrogens is 194 g/mol. The lowest BCUT2D eigenvalue weighted by Crippen LogP contribution is -2.02. The van der Waals surface area contributed by atoms with Crippen molar-refractivity contribution in [1.29, 1.82) is 5.26 Å². The van der Waals surface area contributed by atoms with Gasteiger partial charge in [-0.25, -0.2) is 0 Å². The molecule has 0 saturated carbocycles. The third-order valence-corrected chi connectivity index (χ3v) is 1.98. The van der Waals surface area contributed by atoms with Gasteiger partial charge in [0.1, 0.15) is 5.75 Å². The SMILES string of the molecule is COCOc1cc([C@@H](O)C#N)ccc1C. The van der Waals surface area contributed by atoms with Gasteiger partial charge in [0.05, 0.1) is 6.07 Å². The second kappa shape index (κ2) is 5.35. The van der Waals surface area contributed by atoms with Crippen LogP contribution in [0.3, 0.4) is 0 Å². The van der Waals surface area contributed by atoms with Crippen LogP contribution in [-0.2, 0) is 4.74 Å². The van der Waals surface area contributed by atoms with E-state index in [1.165, 1.54) is 7.11 Å². The monoisotopic (exact) mass is 207 g/mol. The molecule has 1 rings (SSSR count). The smallest absolute Gasteiger partial charge is 0.188 e. The fourth-order valence-electron chi connectivity index (χ4n) is 1.14. The van der Waals surface area contributed by atoms with E-state index >= 15 is 0 Å². The quantitative estimate of drug-likeness (QED) is 0.600. The summed E-state index contributed by atoms with van der Waals surface area (Å²) in [6.45, 7) is 2.03. The maximum absolute atomic E-state index is 9.32. The first-order chi connectivity index (χ1) is 7.19. The third-order valence-electron chi connectivity index (χ3n) is 1.98. The summed E-state index contributed by atoms with van der Waals surface area (Å²) < 4.78 is 10.1. The van der Waals surface area contributed by atoms with E-state index in [1.807, 2.05) is 6.92 Å². The molecule has 0 saturated heterocycles. The first-order valence-electron chi connectivity index (χ1n) is 4.49. The highest BCUT2D eigenvalue weighted by molar-refractivity contribution is 5.38. The Labute approximate surface area is 88.7 Å². The standard InChI is InChI=1S/C11H13NO3/c1-8-3-4-9(10(13)6-12)5-11(8)15-7-14-2/h3-5,10,13H,7H2,1-2H3/t10-/m0/s1. The molecule has 0 heterocycles. The Morgan fingerprint density at radius 1 is 1.53 bits per heavy atom. The Hall–Kier alpha value is -1.57. The zero-order valence-corrected chi connectivity index (χ0v) is 8.73. The lowest BCUT2D eigenvalue weighted by atomic mass is 10.1. The van der Waals surface area contributed by atoms with Crippen molar-refractivity contribution in [3.63, 3.8) is 0 Å². The van der Waals surface area contributed by atoms with Crippen LogP contribution in [0.5, 0.6) is 5.75 Å². The highest BCUT2D eigenvalue weighted by Gasteiger charge is 2.08. The van der Waals surface area contributed by atoms with Gasteiger partial charge in [-0.2, -0.15) is 5.26 Å². The fourth-order valence-corrected chi connectivity index (χ4v) is 1.14. The Balaban J connectivity index is 2.90. The van der Waals surface area contributed by atoms with Crippen LogP contribution in [-0.4, -0.2) is 19.0 Å². The van der Waals surface area contributed by atoms with Gasteiger partial charge in [0, 0.05) is 7.11 Å². The van der Waals surface area contributed by atoms with E-state index in [0.717, 1.165) is 5.56 Å². The lowest BCUT2D eigenvalue weighted by molar-refractivity contribution is 0.0504. The van der Waals surface area contributed by atoms with Crippen molar-refractivity contribution in [2.75, 3.05) is 13.9 Å². The van der Waals surface area contributed by atoms with Gasteiger partial charge in [0.25, 0.3) is 0 Å². The number of hydrogen-bond acceptors (Lipinski definition) is 4. The summed E-state index contributed by atoms with van der Waals surface area (Å²) in [6.07, 6.45) is -1.12. The Morgan fingerprint density at radius 3 is 2.87 bits per heavy atom. The molecule has 1 aromatic rings. The number of aliphatic hydroxyl groups is 1. The summed E-state index contributed by atoms with van der Waals surface area (Å²) in [5.41, 5.74) is 1.45. The van der Waals surface area contributed by atoms with Crippen LogP contribution < -0.4 is 4.74 Å². The van der Waals surface area contributed by atoms with Gasteiger partial charge in [0.2, 0.25) is 0 Å². The number of aryl methyl sites for hydroxylation is 1. The van der Waals surface area contributed by atoms with Crippen molar-refractivity contribution in [2.45, 2.75) is 13.0 Å². The second-order valence-corrected chi connectivity index (χ2v) is 3.11. The molecule has 0 aliphatic carbocycles. The molecule has 15 heavy (non-hydrogen) atoms. The molecule has 4 heteroatoms. The molecule has 0 aliphatic rings. The number of rotatable bonds is 4. The fraction of sp³-hybridized carbons (Fsp3) is 0.364. The van der Waals surface area contributed by atoms with E-state index in [9.17, 15) is 5.11 Å². The molecule has 0 amide bonds. The molecule has 0 bridgehead atoms.